The van der Waals surface area contributed by atoms with Gasteiger partial charge in [-0.1, -0.05) is 17.3 Å². The van der Waals surface area contributed by atoms with Crippen LogP contribution >= 0.6 is 0 Å². The molecule has 2 aromatic heterocycles. The normalized spacial score (nSPS) is 10.2. The number of hydrogen-bond acceptors (Lipinski definition) is 8. The van der Waals surface area contributed by atoms with E-state index in [0.717, 1.165) is 0 Å². The molecule has 9 heteroatoms. The fourth-order valence-corrected chi connectivity index (χ4v) is 1.89. The molecule has 0 fully saturated rings. The lowest BCUT2D eigenvalue weighted by molar-refractivity contribution is 0.0602. The summed E-state index contributed by atoms with van der Waals surface area (Å²) in [6, 6.07) is 6.41. The van der Waals surface area contributed by atoms with Crippen molar-refractivity contribution in [2.45, 2.75) is 0 Å². The molecule has 1 N–H and O–H groups in total. The van der Waals surface area contributed by atoms with Gasteiger partial charge in [-0.2, -0.15) is 4.98 Å². The van der Waals surface area contributed by atoms with Crippen LogP contribution in [0.1, 0.15) is 21.0 Å². The van der Waals surface area contributed by atoms with E-state index in [1.807, 2.05) is 0 Å². The first-order chi connectivity index (χ1) is 11.7. The van der Waals surface area contributed by atoms with Crippen molar-refractivity contribution >= 4 is 17.6 Å². The molecule has 0 saturated heterocycles. The van der Waals surface area contributed by atoms with Crippen LogP contribution < -0.4 is 5.32 Å². The minimum Gasteiger partial charge on any atom is -0.465 e. The Balaban J connectivity index is 1.82. The summed E-state index contributed by atoms with van der Waals surface area (Å²) in [6.07, 6.45) is 4.41. The molecule has 3 aromatic rings. The first-order valence-corrected chi connectivity index (χ1v) is 6.78. The summed E-state index contributed by atoms with van der Waals surface area (Å²) in [6.45, 7) is 0. The zero-order valence-electron chi connectivity index (χ0n) is 12.5. The van der Waals surface area contributed by atoms with Crippen molar-refractivity contribution in [1.82, 2.24) is 20.1 Å². The number of carbonyl (C=O) groups excluding carboxylic acids is 2. The SMILES string of the molecule is COC(=O)c1ccccc1NC(=O)c1nc(-c2cnccn2)no1. The second kappa shape index (κ2) is 6.65. The van der Waals surface area contributed by atoms with Crippen LogP contribution in [-0.4, -0.2) is 39.1 Å². The standard InChI is InChI=1S/C15H11N5O4/c1-23-15(22)9-4-2-3-5-10(9)18-13(21)14-19-12(20-24-14)11-8-16-6-7-17-11/h2-8H,1H3,(H,18,21). The van der Waals surface area contributed by atoms with Gasteiger partial charge < -0.3 is 14.6 Å². The second-order valence-electron chi connectivity index (χ2n) is 4.51. The number of para-hydroxylation sites is 1. The van der Waals surface area contributed by atoms with Crippen LogP contribution in [0.4, 0.5) is 5.69 Å². The summed E-state index contributed by atoms with van der Waals surface area (Å²) >= 11 is 0. The van der Waals surface area contributed by atoms with Crippen molar-refractivity contribution in [2.24, 2.45) is 0 Å². The topological polar surface area (TPSA) is 120 Å². The van der Waals surface area contributed by atoms with E-state index < -0.39 is 11.9 Å². The molecular weight excluding hydrogens is 314 g/mol. The molecule has 24 heavy (non-hydrogen) atoms. The number of methoxy groups -OCH3 is 1. The quantitative estimate of drug-likeness (QED) is 0.718. The number of carbonyl (C=O) groups is 2. The Kier molecular flexibility index (Phi) is 4.23. The highest BCUT2D eigenvalue weighted by molar-refractivity contribution is 6.05. The molecule has 0 saturated carbocycles. The van der Waals surface area contributed by atoms with E-state index in [4.69, 9.17) is 4.52 Å². The summed E-state index contributed by atoms with van der Waals surface area (Å²) in [5.74, 6) is -1.37. The van der Waals surface area contributed by atoms with Gasteiger partial charge in [0, 0.05) is 12.4 Å². The molecule has 2 heterocycles. The fraction of sp³-hybridized carbons (Fsp3) is 0.0667. The van der Waals surface area contributed by atoms with Gasteiger partial charge in [0.2, 0.25) is 5.82 Å². The minimum atomic E-state index is -0.658. The summed E-state index contributed by atoms with van der Waals surface area (Å²) < 4.78 is 9.59. The van der Waals surface area contributed by atoms with Crippen LogP contribution in [0, 0.1) is 0 Å². The Labute approximate surface area is 135 Å². The van der Waals surface area contributed by atoms with Crippen LogP contribution in [-0.2, 0) is 4.74 Å². The van der Waals surface area contributed by atoms with Gasteiger partial charge in [-0.3, -0.25) is 9.78 Å². The van der Waals surface area contributed by atoms with Crippen LogP contribution in [0.2, 0.25) is 0 Å². The Morgan fingerprint density at radius 2 is 2.04 bits per heavy atom. The second-order valence-corrected chi connectivity index (χ2v) is 4.51. The van der Waals surface area contributed by atoms with Crippen LogP contribution in [0.5, 0.6) is 0 Å². The van der Waals surface area contributed by atoms with Crippen LogP contribution in [0.3, 0.4) is 0 Å². The van der Waals surface area contributed by atoms with Crippen molar-refractivity contribution in [2.75, 3.05) is 12.4 Å². The molecule has 0 bridgehead atoms. The maximum Gasteiger partial charge on any atom is 0.339 e. The summed E-state index contributed by atoms with van der Waals surface area (Å²) in [5.41, 5.74) is 0.853. The van der Waals surface area contributed by atoms with Gasteiger partial charge in [0.1, 0.15) is 5.69 Å². The summed E-state index contributed by atoms with van der Waals surface area (Å²) in [5, 5.41) is 6.22. The number of aromatic nitrogens is 4. The van der Waals surface area contributed by atoms with E-state index in [9.17, 15) is 9.59 Å². The smallest absolute Gasteiger partial charge is 0.339 e. The van der Waals surface area contributed by atoms with Crippen molar-refractivity contribution in [3.8, 4) is 11.5 Å². The Hall–Kier alpha value is -3.62. The van der Waals surface area contributed by atoms with Crippen molar-refractivity contribution in [3.05, 3.63) is 54.3 Å². The number of amides is 1. The number of esters is 1. The van der Waals surface area contributed by atoms with Gasteiger partial charge in [-0.15, -0.1) is 0 Å². The molecule has 0 radical (unpaired) electrons. The number of rotatable bonds is 4. The molecule has 3 rings (SSSR count). The number of ether oxygens (including phenoxy) is 1. The molecule has 9 nitrogen and oxygen atoms in total. The first kappa shape index (κ1) is 15.3. The van der Waals surface area contributed by atoms with Crippen molar-refractivity contribution in [1.29, 1.82) is 0 Å². The third kappa shape index (κ3) is 3.09. The van der Waals surface area contributed by atoms with E-state index in [0.29, 0.717) is 5.69 Å². The number of anilines is 1. The van der Waals surface area contributed by atoms with E-state index in [2.05, 4.69) is 30.2 Å². The molecule has 0 spiro atoms. The van der Waals surface area contributed by atoms with E-state index in [1.54, 1.807) is 18.2 Å². The maximum absolute atomic E-state index is 12.2. The van der Waals surface area contributed by atoms with Crippen LogP contribution in [0.15, 0.2) is 47.4 Å². The molecule has 0 aliphatic rings. The first-order valence-electron chi connectivity index (χ1n) is 6.78. The highest BCUT2D eigenvalue weighted by Gasteiger charge is 2.19. The largest absolute Gasteiger partial charge is 0.465 e. The molecule has 0 aliphatic carbocycles. The number of benzene rings is 1. The third-order valence-electron chi connectivity index (χ3n) is 2.99. The van der Waals surface area contributed by atoms with E-state index in [1.165, 1.54) is 31.8 Å². The third-order valence-corrected chi connectivity index (χ3v) is 2.99. The molecule has 0 aliphatic heterocycles. The zero-order valence-corrected chi connectivity index (χ0v) is 12.5. The molecule has 1 aromatic carbocycles. The molecular formula is C15H11N5O4. The van der Waals surface area contributed by atoms with E-state index >= 15 is 0 Å². The average molecular weight is 325 g/mol. The lowest BCUT2D eigenvalue weighted by Gasteiger charge is -2.07. The molecule has 1 amide bonds. The minimum absolute atomic E-state index is 0.134. The lowest BCUT2D eigenvalue weighted by atomic mass is 10.2. The lowest BCUT2D eigenvalue weighted by Crippen LogP contribution is -2.15. The van der Waals surface area contributed by atoms with Gasteiger partial charge in [0.25, 0.3) is 0 Å². The zero-order chi connectivity index (χ0) is 16.9. The predicted molar refractivity (Wildman–Crippen MR) is 81.1 cm³/mol. The predicted octanol–water partition coefficient (Wildman–Crippen LogP) is 1.57. The highest BCUT2D eigenvalue weighted by Crippen LogP contribution is 2.17. The van der Waals surface area contributed by atoms with Gasteiger partial charge in [0.05, 0.1) is 24.6 Å². The molecule has 120 valence electrons. The number of nitrogens with zero attached hydrogens (tertiary/aromatic N) is 4. The number of hydrogen-bond donors (Lipinski definition) is 1. The average Bonchev–Trinajstić information content (AvgIpc) is 3.12. The monoisotopic (exact) mass is 325 g/mol. The highest BCUT2D eigenvalue weighted by atomic mass is 16.5. The Morgan fingerprint density at radius 1 is 1.21 bits per heavy atom. The summed E-state index contributed by atoms with van der Waals surface area (Å²) in [7, 11) is 1.26. The Morgan fingerprint density at radius 3 is 2.79 bits per heavy atom. The van der Waals surface area contributed by atoms with Gasteiger partial charge in [-0.05, 0) is 12.1 Å². The Bertz CT molecular complexity index is 878. The fourth-order valence-electron chi connectivity index (χ4n) is 1.89. The van der Waals surface area contributed by atoms with Crippen molar-refractivity contribution in [3.63, 3.8) is 0 Å². The van der Waals surface area contributed by atoms with Gasteiger partial charge in [-0.25, -0.2) is 9.78 Å². The maximum atomic E-state index is 12.2. The van der Waals surface area contributed by atoms with E-state index in [-0.39, 0.29) is 23.0 Å². The van der Waals surface area contributed by atoms with Gasteiger partial charge >= 0.3 is 17.8 Å². The number of nitrogens with one attached hydrogen (secondary N) is 1. The molecule has 0 unspecified atom stereocenters. The van der Waals surface area contributed by atoms with Crippen molar-refractivity contribution < 1.29 is 18.8 Å². The van der Waals surface area contributed by atoms with Gasteiger partial charge in [0.15, 0.2) is 0 Å². The van der Waals surface area contributed by atoms with Crippen LogP contribution in [0.25, 0.3) is 11.5 Å². The summed E-state index contributed by atoms with van der Waals surface area (Å²) in [4.78, 5) is 35.8. The molecule has 0 atom stereocenters.